The van der Waals surface area contributed by atoms with Crippen LogP contribution in [0.1, 0.15) is 15.9 Å². The van der Waals surface area contributed by atoms with Crippen LogP contribution in [0.25, 0.3) is 0 Å². The van der Waals surface area contributed by atoms with Crippen molar-refractivity contribution in [3.63, 3.8) is 0 Å². The van der Waals surface area contributed by atoms with E-state index in [4.69, 9.17) is 9.47 Å². The molecule has 0 atom stereocenters. The predicted octanol–water partition coefficient (Wildman–Crippen LogP) is 3.92. The number of hydrogen-bond donors (Lipinski definition) is 2. The van der Waals surface area contributed by atoms with Gasteiger partial charge in [0.25, 0.3) is 15.9 Å². The molecule has 172 valence electrons. The highest BCUT2D eigenvalue weighted by atomic mass is 32.2. The van der Waals surface area contributed by atoms with Crippen LogP contribution in [0.3, 0.4) is 0 Å². The SMILES string of the molecule is O=C(NCCSCc1ccccc1)c1cccc(NS(=O)(=O)c2ccc3c(c2)OCCO3)c1. The summed E-state index contributed by atoms with van der Waals surface area (Å²) >= 11 is 1.74. The number of thioether (sulfide) groups is 1. The molecule has 9 heteroatoms. The van der Waals surface area contributed by atoms with E-state index in [9.17, 15) is 13.2 Å². The number of carbonyl (C=O) groups excluding carboxylic acids is 1. The Bertz CT molecular complexity index is 1220. The van der Waals surface area contributed by atoms with E-state index < -0.39 is 10.0 Å². The van der Waals surface area contributed by atoms with Crippen molar-refractivity contribution < 1.29 is 22.7 Å². The summed E-state index contributed by atoms with van der Waals surface area (Å²) in [5.41, 5.74) is 1.92. The maximum atomic E-state index is 12.8. The van der Waals surface area contributed by atoms with Crippen LogP contribution in [-0.2, 0) is 15.8 Å². The van der Waals surface area contributed by atoms with Crippen LogP contribution in [0.5, 0.6) is 11.5 Å². The topological polar surface area (TPSA) is 93.7 Å². The van der Waals surface area contributed by atoms with Gasteiger partial charge in [-0.2, -0.15) is 11.8 Å². The number of benzene rings is 3. The molecular weight excluding hydrogens is 460 g/mol. The number of hydrogen-bond acceptors (Lipinski definition) is 6. The lowest BCUT2D eigenvalue weighted by atomic mass is 10.2. The lowest BCUT2D eigenvalue weighted by molar-refractivity contribution is 0.0956. The molecule has 0 fully saturated rings. The van der Waals surface area contributed by atoms with Crippen LogP contribution >= 0.6 is 11.8 Å². The van der Waals surface area contributed by atoms with Gasteiger partial charge in [-0.3, -0.25) is 9.52 Å². The van der Waals surface area contributed by atoms with Crippen LogP contribution in [-0.4, -0.2) is 39.8 Å². The Labute approximate surface area is 197 Å². The van der Waals surface area contributed by atoms with Crippen LogP contribution in [0.2, 0.25) is 0 Å². The molecule has 0 aliphatic carbocycles. The maximum Gasteiger partial charge on any atom is 0.262 e. The van der Waals surface area contributed by atoms with Gasteiger partial charge in [0.15, 0.2) is 11.5 Å². The van der Waals surface area contributed by atoms with E-state index in [1.54, 1.807) is 36.0 Å². The molecule has 3 aromatic carbocycles. The van der Waals surface area contributed by atoms with Crippen molar-refractivity contribution in [3.05, 3.63) is 83.9 Å². The van der Waals surface area contributed by atoms with Crippen molar-refractivity contribution in [2.75, 3.05) is 30.2 Å². The summed E-state index contributed by atoms with van der Waals surface area (Å²) in [5.74, 6) is 2.31. The number of rotatable bonds is 9. The second-order valence-corrected chi connectivity index (χ2v) is 10.1. The van der Waals surface area contributed by atoms with Gasteiger partial charge in [-0.1, -0.05) is 36.4 Å². The summed E-state index contributed by atoms with van der Waals surface area (Å²) < 4.78 is 39.1. The summed E-state index contributed by atoms with van der Waals surface area (Å²) in [6.07, 6.45) is 0. The number of fused-ring (bicyclic) bond motifs is 1. The summed E-state index contributed by atoms with van der Waals surface area (Å²) in [5, 5.41) is 2.87. The first-order valence-corrected chi connectivity index (χ1v) is 13.1. The Balaban J connectivity index is 1.32. The molecule has 0 radical (unpaired) electrons. The molecular formula is C24H24N2O5S2. The van der Waals surface area contributed by atoms with Crippen molar-refractivity contribution in [1.29, 1.82) is 0 Å². The first-order chi connectivity index (χ1) is 16.0. The van der Waals surface area contributed by atoms with Gasteiger partial charge in [0.05, 0.1) is 4.90 Å². The first-order valence-electron chi connectivity index (χ1n) is 10.4. The predicted molar refractivity (Wildman–Crippen MR) is 130 cm³/mol. The average Bonchev–Trinajstić information content (AvgIpc) is 2.84. The van der Waals surface area contributed by atoms with Gasteiger partial charge in [0.1, 0.15) is 13.2 Å². The van der Waals surface area contributed by atoms with Gasteiger partial charge in [0.2, 0.25) is 0 Å². The van der Waals surface area contributed by atoms with Gasteiger partial charge in [-0.25, -0.2) is 8.42 Å². The Kier molecular flexibility index (Phi) is 7.41. The molecule has 1 amide bonds. The third kappa shape index (κ3) is 6.21. The largest absolute Gasteiger partial charge is 0.486 e. The summed E-state index contributed by atoms with van der Waals surface area (Å²) in [6, 6.07) is 21.0. The Morgan fingerprint density at radius 3 is 2.52 bits per heavy atom. The van der Waals surface area contributed by atoms with Gasteiger partial charge in [-0.05, 0) is 35.9 Å². The lowest BCUT2D eigenvalue weighted by Gasteiger charge is -2.19. The quantitative estimate of drug-likeness (QED) is 0.447. The highest BCUT2D eigenvalue weighted by Crippen LogP contribution is 2.32. The van der Waals surface area contributed by atoms with Crippen molar-refractivity contribution in [3.8, 4) is 11.5 Å². The molecule has 0 saturated carbocycles. The minimum Gasteiger partial charge on any atom is -0.486 e. The van der Waals surface area contributed by atoms with Crippen LogP contribution < -0.4 is 19.5 Å². The number of anilines is 1. The zero-order chi connectivity index (χ0) is 23.1. The smallest absolute Gasteiger partial charge is 0.262 e. The zero-order valence-electron chi connectivity index (χ0n) is 17.8. The number of carbonyl (C=O) groups is 1. The zero-order valence-corrected chi connectivity index (χ0v) is 19.5. The molecule has 0 saturated heterocycles. The van der Waals surface area contributed by atoms with E-state index in [-0.39, 0.29) is 10.8 Å². The monoisotopic (exact) mass is 484 g/mol. The minimum atomic E-state index is -3.86. The number of amides is 1. The second-order valence-electron chi connectivity index (χ2n) is 7.29. The van der Waals surface area contributed by atoms with Crippen LogP contribution in [0.4, 0.5) is 5.69 Å². The number of nitrogens with one attached hydrogen (secondary N) is 2. The van der Waals surface area contributed by atoms with Crippen LogP contribution in [0, 0.1) is 0 Å². The van der Waals surface area contributed by atoms with Crippen molar-refractivity contribution in [2.24, 2.45) is 0 Å². The standard InChI is InChI=1S/C24H24N2O5S2/c27-24(25-11-14-32-17-18-5-2-1-3-6-18)19-7-4-8-20(15-19)26-33(28,29)21-9-10-22-23(16-21)31-13-12-30-22/h1-10,15-16,26H,11-14,17H2,(H,25,27). The fourth-order valence-corrected chi connectivity index (χ4v) is 5.12. The van der Waals surface area contributed by atoms with Gasteiger partial charge >= 0.3 is 0 Å². The number of sulfonamides is 1. The molecule has 7 nitrogen and oxygen atoms in total. The van der Waals surface area contributed by atoms with E-state index in [1.807, 2.05) is 18.2 Å². The molecule has 0 bridgehead atoms. The Hall–Kier alpha value is -3.17. The maximum absolute atomic E-state index is 12.8. The first kappa shape index (κ1) is 23.0. The molecule has 0 spiro atoms. The third-order valence-corrected chi connectivity index (χ3v) is 7.25. The average molecular weight is 485 g/mol. The van der Waals surface area contributed by atoms with Gasteiger partial charge in [-0.15, -0.1) is 0 Å². The second kappa shape index (κ2) is 10.6. The van der Waals surface area contributed by atoms with Crippen molar-refractivity contribution in [1.82, 2.24) is 5.32 Å². The van der Waals surface area contributed by atoms with Crippen molar-refractivity contribution in [2.45, 2.75) is 10.6 Å². The number of ether oxygens (including phenoxy) is 2. The molecule has 4 rings (SSSR count). The van der Waals surface area contributed by atoms with E-state index in [0.717, 1.165) is 11.5 Å². The van der Waals surface area contributed by atoms with Crippen molar-refractivity contribution >= 4 is 33.4 Å². The fraction of sp³-hybridized carbons (Fsp3) is 0.208. The van der Waals surface area contributed by atoms with E-state index in [2.05, 4.69) is 22.2 Å². The molecule has 33 heavy (non-hydrogen) atoms. The molecule has 0 aromatic heterocycles. The minimum absolute atomic E-state index is 0.0528. The molecule has 0 unspecified atom stereocenters. The fourth-order valence-electron chi connectivity index (χ4n) is 3.23. The third-order valence-electron chi connectivity index (χ3n) is 4.84. The normalized spacial score (nSPS) is 12.7. The highest BCUT2D eigenvalue weighted by Gasteiger charge is 2.20. The Morgan fingerprint density at radius 2 is 1.70 bits per heavy atom. The van der Waals surface area contributed by atoms with E-state index in [1.165, 1.54) is 23.8 Å². The van der Waals surface area contributed by atoms with E-state index in [0.29, 0.717) is 42.5 Å². The summed E-state index contributed by atoms with van der Waals surface area (Å²) in [7, 11) is -3.86. The molecule has 3 aromatic rings. The molecule has 2 N–H and O–H groups in total. The van der Waals surface area contributed by atoms with Gasteiger partial charge in [0, 0.05) is 35.4 Å². The van der Waals surface area contributed by atoms with Gasteiger partial charge < -0.3 is 14.8 Å². The molecule has 1 heterocycles. The molecule has 1 aliphatic rings. The lowest BCUT2D eigenvalue weighted by Crippen LogP contribution is -2.26. The van der Waals surface area contributed by atoms with E-state index >= 15 is 0 Å². The summed E-state index contributed by atoms with van der Waals surface area (Å²) in [6.45, 7) is 1.31. The summed E-state index contributed by atoms with van der Waals surface area (Å²) in [4.78, 5) is 12.6. The van der Waals surface area contributed by atoms with Crippen LogP contribution in [0.15, 0.2) is 77.7 Å². The highest BCUT2D eigenvalue weighted by molar-refractivity contribution is 7.98. The Morgan fingerprint density at radius 1 is 0.909 bits per heavy atom. The molecule has 1 aliphatic heterocycles.